The molecule has 0 spiro atoms. The third-order valence-electron chi connectivity index (χ3n) is 3.04. The molecule has 94 valence electrons. The summed E-state index contributed by atoms with van der Waals surface area (Å²) in [7, 11) is 0. The molecule has 2 rings (SSSR count). The van der Waals surface area contributed by atoms with Crippen molar-refractivity contribution in [2.75, 3.05) is 0 Å². The summed E-state index contributed by atoms with van der Waals surface area (Å²) in [5.41, 5.74) is 10.3. The van der Waals surface area contributed by atoms with Crippen LogP contribution in [0.25, 0.3) is 0 Å². The fraction of sp³-hybridized carbons (Fsp3) is 0.333. The molecule has 2 N–H and O–H groups in total. The zero-order valence-corrected chi connectivity index (χ0v) is 11.0. The second-order valence-corrected chi connectivity index (χ2v) is 4.48. The number of hydrogen-bond acceptors (Lipinski definition) is 3. The van der Waals surface area contributed by atoms with Gasteiger partial charge in [0.15, 0.2) is 0 Å². The van der Waals surface area contributed by atoms with Gasteiger partial charge in [-0.05, 0) is 18.9 Å². The minimum atomic E-state index is 0.508. The van der Waals surface area contributed by atoms with Gasteiger partial charge in [0.25, 0.3) is 0 Å². The molecule has 0 fully saturated rings. The van der Waals surface area contributed by atoms with E-state index in [0.29, 0.717) is 6.54 Å². The zero-order chi connectivity index (χ0) is 13.0. The number of hydrogen-bond donors (Lipinski definition) is 1. The lowest BCUT2D eigenvalue weighted by Gasteiger charge is -2.07. The van der Waals surface area contributed by atoms with Gasteiger partial charge in [0.1, 0.15) is 5.82 Å². The molecule has 0 radical (unpaired) electrons. The van der Waals surface area contributed by atoms with Crippen LogP contribution in [0.5, 0.6) is 0 Å². The normalized spacial score (nSPS) is 10.6. The van der Waals surface area contributed by atoms with Crippen molar-refractivity contribution in [1.29, 1.82) is 0 Å². The Kier molecular flexibility index (Phi) is 4.05. The van der Waals surface area contributed by atoms with E-state index in [4.69, 9.17) is 5.73 Å². The highest BCUT2D eigenvalue weighted by atomic mass is 14.9. The Bertz CT molecular complexity index is 518. The van der Waals surface area contributed by atoms with Gasteiger partial charge in [-0.25, -0.2) is 9.97 Å². The van der Waals surface area contributed by atoms with E-state index in [1.165, 1.54) is 11.1 Å². The van der Waals surface area contributed by atoms with Crippen LogP contribution in [-0.4, -0.2) is 9.97 Å². The van der Waals surface area contributed by atoms with Gasteiger partial charge in [0.05, 0.1) is 0 Å². The summed E-state index contributed by atoms with van der Waals surface area (Å²) >= 11 is 0. The number of nitrogens with zero attached hydrogens (tertiary/aromatic N) is 2. The summed E-state index contributed by atoms with van der Waals surface area (Å²) in [4.78, 5) is 8.97. The van der Waals surface area contributed by atoms with E-state index in [0.717, 1.165) is 29.9 Å². The Morgan fingerprint density at radius 3 is 2.50 bits per heavy atom. The SMILES string of the molecule is CCc1nc(Cc2ccc(C)cc2)ncc1CN. The molecule has 0 saturated heterocycles. The van der Waals surface area contributed by atoms with Crippen LogP contribution in [0.15, 0.2) is 30.5 Å². The van der Waals surface area contributed by atoms with Crippen molar-refractivity contribution in [2.45, 2.75) is 33.2 Å². The van der Waals surface area contributed by atoms with Gasteiger partial charge in [-0.15, -0.1) is 0 Å². The zero-order valence-electron chi connectivity index (χ0n) is 11.0. The largest absolute Gasteiger partial charge is 0.326 e. The standard InChI is InChI=1S/C15H19N3/c1-3-14-13(9-16)10-17-15(18-14)8-12-6-4-11(2)5-7-12/h4-7,10H,3,8-9,16H2,1-2H3. The topological polar surface area (TPSA) is 51.8 Å². The van der Waals surface area contributed by atoms with Crippen molar-refractivity contribution in [3.8, 4) is 0 Å². The fourth-order valence-electron chi connectivity index (χ4n) is 1.93. The molecule has 0 atom stereocenters. The lowest BCUT2D eigenvalue weighted by atomic mass is 10.1. The monoisotopic (exact) mass is 241 g/mol. The Labute approximate surface area is 108 Å². The minimum Gasteiger partial charge on any atom is -0.326 e. The number of benzene rings is 1. The molecule has 1 heterocycles. The summed E-state index contributed by atoms with van der Waals surface area (Å²) in [5.74, 6) is 0.868. The van der Waals surface area contributed by atoms with Crippen LogP contribution in [0.3, 0.4) is 0 Å². The summed E-state index contributed by atoms with van der Waals surface area (Å²) in [6.07, 6.45) is 3.53. The first-order valence-electron chi connectivity index (χ1n) is 6.32. The van der Waals surface area contributed by atoms with E-state index in [1.807, 2.05) is 6.20 Å². The maximum Gasteiger partial charge on any atom is 0.132 e. The van der Waals surface area contributed by atoms with E-state index >= 15 is 0 Å². The third kappa shape index (κ3) is 2.93. The van der Waals surface area contributed by atoms with E-state index < -0.39 is 0 Å². The van der Waals surface area contributed by atoms with Crippen molar-refractivity contribution >= 4 is 0 Å². The number of aromatic nitrogens is 2. The van der Waals surface area contributed by atoms with Crippen molar-refractivity contribution in [3.05, 3.63) is 58.7 Å². The highest BCUT2D eigenvalue weighted by molar-refractivity contribution is 5.25. The summed E-state index contributed by atoms with van der Waals surface area (Å²) in [5, 5.41) is 0. The average molecular weight is 241 g/mol. The second-order valence-electron chi connectivity index (χ2n) is 4.48. The first-order chi connectivity index (χ1) is 8.72. The van der Waals surface area contributed by atoms with Crippen LogP contribution in [0.1, 0.15) is 35.1 Å². The Balaban J connectivity index is 2.21. The maximum atomic E-state index is 5.67. The Hall–Kier alpha value is -1.74. The van der Waals surface area contributed by atoms with Crippen LogP contribution in [0, 0.1) is 6.92 Å². The van der Waals surface area contributed by atoms with Crippen molar-refractivity contribution < 1.29 is 0 Å². The van der Waals surface area contributed by atoms with Crippen molar-refractivity contribution in [1.82, 2.24) is 9.97 Å². The number of rotatable bonds is 4. The number of aryl methyl sites for hydroxylation is 2. The molecule has 0 saturated carbocycles. The second kappa shape index (κ2) is 5.74. The predicted molar refractivity (Wildman–Crippen MR) is 73.3 cm³/mol. The van der Waals surface area contributed by atoms with Gasteiger partial charge >= 0.3 is 0 Å². The average Bonchev–Trinajstić information content (AvgIpc) is 2.41. The van der Waals surface area contributed by atoms with Gasteiger partial charge in [-0.2, -0.15) is 0 Å². The molecule has 0 bridgehead atoms. The molecule has 0 unspecified atom stereocenters. The first-order valence-corrected chi connectivity index (χ1v) is 6.32. The molecule has 0 aliphatic rings. The predicted octanol–water partition coefficient (Wildman–Crippen LogP) is 2.40. The molecular weight excluding hydrogens is 222 g/mol. The van der Waals surface area contributed by atoms with Gasteiger partial charge in [-0.1, -0.05) is 36.8 Å². The van der Waals surface area contributed by atoms with Crippen LogP contribution >= 0.6 is 0 Å². The Morgan fingerprint density at radius 1 is 1.17 bits per heavy atom. The molecule has 18 heavy (non-hydrogen) atoms. The highest BCUT2D eigenvalue weighted by Crippen LogP contribution is 2.10. The molecule has 0 aliphatic heterocycles. The summed E-state index contributed by atoms with van der Waals surface area (Å²) in [6.45, 7) is 4.69. The molecule has 0 amide bonds. The van der Waals surface area contributed by atoms with Gasteiger partial charge in [0.2, 0.25) is 0 Å². The van der Waals surface area contributed by atoms with Crippen LogP contribution < -0.4 is 5.73 Å². The molecule has 1 aromatic heterocycles. The molecule has 2 aromatic rings. The van der Waals surface area contributed by atoms with Crippen LogP contribution in [-0.2, 0) is 19.4 Å². The first kappa shape index (κ1) is 12.7. The van der Waals surface area contributed by atoms with Gasteiger partial charge in [-0.3, -0.25) is 0 Å². The van der Waals surface area contributed by atoms with E-state index in [1.54, 1.807) is 0 Å². The highest BCUT2D eigenvalue weighted by Gasteiger charge is 2.05. The summed E-state index contributed by atoms with van der Waals surface area (Å²) in [6, 6.07) is 8.48. The van der Waals surface area contributed by atoms with Crippen LogP contribution in [0.2, 0.25) is 0 Å². The molecule has 3 heteroatoms. The lowest BCUT2D eigenvalue weighted by Crippen LogP contribution is -2.07. The molecule has 1 aromatic carbocycles. The Morgan fingerprint density at radius 2 is 1.89 bits per heavy atom. The lowest BCUT2D eigenvalue weighted by molar-refractivity contribution is 0.859. The number of nitrogens with two attached hydrogens (primary N) is 1. The smallest absolute Gasteiger partial charge is 0.132 e. The molecular formula is C15H19N3. The van der Waals surface area contributed by atoms with Gasteiger partial charge in [0, 0.05) is 30.4 Å². The fourth-order valence-corrected chi connectivity index (χ4v) is 1.93. The third-order valence-corrected chi connectivity index (χ3v) is 3.04. The minimum absolute atomic E-state index is 0.508. The van der Waals surface area contributed by atoms with E-state index in [9.17, 15) is 0 Å². The van der Waals surface area contributed by atoms with Crippen molar-refractivity contribution in [2.24, 2.45) is 5.73 Å². The van der Waals surface area contributed by atoms with Gasteiger partial charge < -0.3 is 5.73 Å². The van der Waals surface area contributed by atoms with E-state index in [2.05, 4.69) is 48.1 Å². The quantitative estimate of drug-likeness (QED) is 0.894. The summed E-state index contributed by atoms with van der Waals surface area (Å²) < 4.78 is 0. The maximum absolute atomic E-state index is 5.67. The van der Waals surface area contributed by atoms with Crippen molar-refractivity contribution in [3.63, 3.8) is 0 Å². The molecule has 0 aliphatic carbocycles. The van der Waals surface area contributed by atoms with Crippen LogP contribution in [0.4, 0.5) is 0 Å². The van der Waals surface area contributed by atoms with E-state index in [-0.39, 0.29) is 0 Å². The molecule has 3 nitrogen and oxygen atoms in total.